The minimum Gasteiger partial charge on any atom is -0.370 e. The maximum atomic E-state index is 10.8. The molecule has 1 saturated heterocycles. The first kappa shape index (κ1) is 13.1. The van der Waals surface area contributed by atoms with Gasteiger partial charge in [0.25, 0.3) is 5.69 Å². The summed E-state index contributed by atoms with van der Waals surface area (Å²) in [6.07, 6.45) is 4.32. The smallest absolute Gasteiger partial charge is 0.270 e. The standard InChI is InChI=1S/C15H18N2O3/c1-15(2)7-5-13(20-15)10-16-8-6-11-9-12(17(18)19)3-4-14(11)16/h3-4,6,8-9,13H,5,7,10H2,1-2H3. The van der Waals surface area contributed by atoms with Gasteiger partial charge in [0.05, 0.1) is 16.6 Å². The highest BCUT2D eigenvalue weighted by Gasteiger charge is 2.31. The van der Waals surface area contributed by atoms with Crippen LogP contribution in [-0.4, -0.2) is 21.2 Å². The minimum atomic E-state index is -0.362. The van der Waals surface area contributed by atoms with Crippen molar-refractivity contribution in [3.8, 4) is 0 Å². The second kappa shape index (κ2) is 4.59. The van der Waals surface area contributed by atoms with Gasteiger partial charge in [-0.25, -0.2) is 0 Å². The molecule has 5 nitrogen and oxygen atoms in total. The maximum absolute atomic E-state index is 10.8. The van der Waals surface area contributed by atoms with Gasteiger partial charge in [-0.3, -0.25) is 10.1 Å². The molecule has 0 spiro atoms. The van der Waals surface area contributed by atoms with Crippen molar-refractivity contribution in [3.05, 3.63) is 40.6 Å². The normalized spacial score (nSPS) is 21.4. The third kappa shape index (κ3) is 2.41. The van der Waals surface area contributed by atoms with E-state index >= 15 is 0 Å². The van der Waals surface area contributed by atoms with Crippen LogP contribution in [-0.2, 0) is 11.3 Å². The molecule has 1 unspecified atom stereocenters. The number of ether oxygens (including phenoxy) is 1. The summed E-state index contributed by atoms with van der Waals surface area (Å²) in [6, 6.07) is 6.90. The van der Waals surface area contributed by atoms with E-state index < -0.39 is 0 Å². The van der Waals surface area contributed by atoms with Gasteiger partial charge >= 0.3 is 0 Å². The molecule has 0 aliphatic carbocycles. The first-order chi connectivity index (χ1) is 9.44. The molecule has 0 saturated carbocycles. The third-order valence-electron chi connectivity index (χ3n) is 3.92. The number of nitro groups is 1. The van der Waals surface area contributed by atoms with Gasteiger partial charge < -0.3 is 9.30 Å². The predicted octanol–water partition coefficient (Wildman–Crippen LogP) is 3.51. The Morgan fingerprint density at radius 2 is 2.25 bits per heavy atom. The first-order valence-corrected chi connectivity index (χ1v) is 6.86. The van der Waals surface area contributed by atoms with E-state index in [1.54, 1.807) is 12.1 Å². The van der Waals surface area contributed by atoms with E-state index in [0.717, 1.165) is 30.3 Å². The molecule has 1 aliphatic heterocycles. The zero-order valence-corrected chi connectivity index (χ0v) is 11.7. The van der Waals surface area contributed by atoms with Crippen molar-refractivity contribution in [3.63, 3.8) is 0 Å². The summed E-state index contributed by atoms with van der Waals surface area (Å²) < 4.78 is 8.12. The van der Waals surface area contributed by atoms with Crippen molar-refractivity contribution in [2.45, 2.75) is 44.9 Å². The molecule has 5 heteroatoms. The van der Waals surface area contributed by atoms with Gasteiger partial charge in [0.15, 0.2) is 0 Å². The molecule has 3 rings (SSSR count). The average Bonchev–Trinajstić information content (AvgIpc) is 2.93. The van der Waals surface area contributed by atoms with Crippen molar-refractivity contribution in [2.75, 3.05) is 0 Å². The molecule has 2 heterocycles. The van der Waals surface area contributed by atoms with E-state index in [1.807, 2.05) is 18.3 Å². The number of benzene rings is 1. The topological polar surface area (TPSA) is 57.3 Å². The Bertz CT molecular complexity index is 660. The van der Waals surface area contributed by atoms with Crippen molar-refractivity contribution < 1.29 is 9.66 Å². The molecule has 2 aromatic rings. The molecular weight excluding hydrogens is 256 g/mol. The Balaban J connectivity index is 1.84. The fourth-order valence-corrected chi connectivity index (χ4v) is 2.89. The number of rotatable bonds is 3. The highest BCUT2D eigenvalue weighted by molar-refractivity contribution is 5.82. The predicted molar refractivity (Wildman–Crippen MR) is 76.8 cm³/mol. The lowest BCUT2D eigenvalue weighted by Gasteiger charge is -2.19. The summed E-state index contributed by atoms with van der Waals surface area (Å²) in [5.74, 6) is 0. The van der Waals surface area contributed by atoms with E-state index in [-0.39, 0.29) is 22.3 Å². The summed E-state index contributed by atoms with van der Waals surface area (Å²) in [7, 11) is 0. The Hall–Kier alpha value is -1.88. The number of nitrogens with zero attached hydrogens (tertiary/aromatic N) is 2. The van der Waals surface area contributed by atoms with Gasteiger partial charge in [0.2, 0.25) is 0 Å². The van der Waals surface area contributed by atoms with Crippen LogP contribution in [0, 0.1) is 10.1 Å². The largest absolute Gasteiger partial charge is 0.370 e. The molecule has 0 N–H and O–H groups in total. The van der Waals surface area contributed by atoms with Gasteiger partial charge in [0.1, 0.15) is 0 Å². The van der Waals surface area contributed by atoms with Gasteiger partial charge in [-0.2, -0.15) is 0 Å². The lowest BCUT2D eigenvalue weighted by atomic mass is 10.1. The second-order valence-electron chi connectivity index (χ2n) is 6.01. The summed E-state index contributed by atoms with van der Waals surface area (Å²) in [5, 5.41) is 11.7. The Morgan fingerprint density at radius 3 is 2.90 bits per heavy atom. The van der Waals surface area contributed by atoms with Crippen LogP contribution in [0.15, 0.2) is 30.5 Å². The van der Waals surface area contributed by atoms with E-state index in [2.05, 4.69) is 18.4 Å². The third-order valence-corrected chi connectivity index (χ3v) is 3.92. The lowest BCUT2D eigenvalue weighted by molar-refractivity contribution is -0.384. The average molecular weight is 274 g/mol. The fraction of sp³-hybridized carbons (Fsp3) is 0.467. The molecular formula is C15H18N2O3. The molecule has 106 valence electrons. The van der Waals surface area contributed by atoms with Crippen LogP contribution >= 0.6 is 0 Å². The Morgan fingerprint density at radius 1 is 1.45 bits per heavy atom. The highest BCUT2D eigenvalue weighted by Crippen LogP contribution is 2.31. The molecule has 0 radical (unpaired) electrons. The van der Waals surface area contributed by atoms with Gasteiger partial charge in [-0.1, -0.05) is 0 Å². The van der Waals surface area contributed by atoms with E-state index in [0.29, 0.717) is 0 Å². The number of fused-ring (bicyclic) bond motifs is 1. The molecule has 1 aliphatic rings. The van der Waals surface area contributed by atoms with Crippen molar-refractivity contribution in [2.24, 2.45) is 0 Å². The fourth-order valence-electron chi connectivity index (χ4n) is 2.89. The SMILES string of the molecule is CC1(C)CCC(Cn2ccc3cc([N+](=O)[O-])ccc32)O1. The van der Waals surface area contributed by atoms with E-state index in [9.17, 15) is 10.1 Å². The van der Waals surface area contributed by atoms with Crippen molar-refractivity contribution in [1.29, 1.82) is 0 Å². The maximum Gasteiger partial charge on any atom is 0.270 e. The monoisotopic (exact) mass is 274 g/mol. The summed E-state index contributed by atoms with van der Waals surface area (Å²) >= 11 is 0. The zero-order chi connectivity index (χ0) is 14.3. The van der Waals surface area contributed by atoms with Gasteiger partial charge in [-0.05, 0) is 38.8 Å². The zero-order valence-electron chi connectivity index (χ0n) is 11.7. The number of nitro benzene ring substituents is 1. The van der Waals surface area contributed by atoms with Crippen molar-refractivity contribution in [1.82, 2.24) is 4.57 Å². The number of non-ortho nitro benzene ring substituents is 1. The first-order valence-electron chi connectivity index (χ1n) is 6.86. The molecule has 1 atom stereocenters. The minimum absolute atomic E-state index is 0.0353. The Labute approximate surface area is 117 Å². The van der Waals surface area contributed by atoms with E-state index in [4.69, 9.17) is 4.74 Å². The van der Waals surface area contributed by atoms with Crippen LogP contribution in [0.1, 0.15) is 26.7 Å². The molecule has 1 aromatic carbocycles. The lowest BCUT2D eigenvalue weighted by Crippen LogP contribution is -2.22. The van der Waals surface area contributed by atoms with Crippen LogP contribution in [0.5, 0.6) is 0 Å². The second-order valence-corrected chi connectivity index (χ2v) is 6.01. The molecule has 0 amide bonds. The summed E-state index contributed by atoms with van der Waals surface area (Å²) in [6.45, 7) is 5.03. The van der Waals surface area contributed by atoms with Gasteiger partial charge in [0, 0.05) is 35.8 Å². The quantitative estimate of drug-likeness (QED) is 0.635. The van der Waals surface area contributed by atoms with Crippen LogP contribution in [0.3, 0.4) is 0 Å². The number of hydrogen-bond acceptors (Lipinski definition) is 3. The van der Waals surface area contributed by atoms with E-state index in [1.165, 1.54) is 0 Å². The molecule has 1 aromatic heterocycles. The van der Waals surface area contributed by atoms with Crippen LogP contribution in [0.4, 0.5) is 5.69 Å². The van der Waals surface area contributed by atoms with Crippen LogP contribution in [0.2, 0.25) is 0 Å². The molecule has 20 heavy (non-hydrogen) atoms. The summed E-state index contributed by atoms with van der Waals surface area (Å²) in [4.78, 5) is 10.4. The van der Waals surface area contributed by atoms with Gasteiger partial charge in [-0.15, -0.1) is 0 Å². The number of aromatic nitrogens is 1. The summed E-state index contributed by atoms with van der Waals surface area (Å²) in [5.41, 5.74) is 1.12. The molecule has 0 bridgehead atoms. The number of hydrogen-bond donors (Lipinski definition) is 0. The van der Waals surface area contributed by atoms with Crippen LogP contribution < -0.4 is 0 Å². The molecule has 1 fully saturated rings. The van der Waals surface area contributed by atoms with Crippen molar-refractivity contribution >= 4 is 16.6 Å². The van der Waals surface area contributed by atoms with Crippen LogP contribution in [0.25, 0.3) is 10.9 Å². The highest BCUT2D eigenvalue weighted by atomic mass is 16.6. The Kier molecular flexibility index (Phi) is 3.01.